The Balaban J connectivity index is 1.98. The number of aromatic carboxylic acids is 1. The van der Waals surface area contributed by atoms with Gasteiger partial charge in [-0.15, -0.1) is 11.3 Å². The highest BCUT2D eigenvalue weighted by Gasteiger charge is 2.07. The molecule has 0 aliphatic carbocycles. The molecule has 18 heavy (non-hydrogen) atoms. The molecule has 0 spiro atoms. The van der Waals surface area contributed by atoms with E-state index >= 15 is 0 Å². The maximum Gasteiger partial charge on any atom is 0.335 e. The normalized spacial score (nSPS) is 10.2. The highest BCUT2D eigenvalue weighted by atomic mass is 32.1. The molecule has 1 aromatic heterocycles. The van der Waals surface area contributed by atoms with Gasteiger partial charge in [0, 0.05) is 17.4 Å². The first-order valence-corrected chi connectivity index (χ1v) is 6.25. The Bertz CT molecular complexity index is 534. The van der Waals surface area contributed by atoms with Gasteiger partial charge in [0.2, 0.25) is 0 Å². The maximum absolute atomic E-state index is 10.8. The lowest BCUT2D eigenvalue weighted by Crippen LogP contribution is -2.02. The highest BCUT2D eigenvalue weighted by Crippen LogP contribution is 2.22. The Morgan fingerprint density at radius 2 is 2.17 bits per heavy atom. The van der Waals surface area contributed by atoms with Crippen molar-refractivity contribution < 1.29 is 19.7 Å². The Morgan fingerprint density at radius 1 is 1.33 bits per heavy atom. The standard InChI is InChI=1S/C13H12O4S/c14-10-6-9(13(15)16)7-11(8-10)17-4-3-12-2-1-5-18-12/h1-2,5-8,14H,3-4H2,(H,15,16). The van der Waals surface area contributed by atoms with Gasteiger partial charge < -0.3 is 14.9 Å². The molecule has 0 saturated heterocycles. The Labute approximate surface area is 108 Å². The van der Waals surface area contributed by atoms with E-state index in [9.17, 15) is 9.90 Å². The van der Waals surface area contributed by atoms with Crippen molar-refractivity contribution in [2.75, 3.05) is 6.61 Å². The SMILES string of the molecule is O=C(O)c1cc(O)cc(OCCc2cccs2)c1. The fourth-order valence-corrected chi connectivity index (χ4v) is 2.20. The summed E-state index contributed by atoms with van der Waals surface area (Å²) in [5.41, 5.74) is 0.0149. The largest absolute Gasteiger partial charge is 0.508 e. The lowest BCUT2D eigenvalue weighted by molar-refractivity contribution is 0.0696. The Morgan fingerprint density at radius 3 is 2.83 bits per heavy atom. The summed E-state index contributed by atoms with van der Waals surface area (Å²) in [5.74, 6) is -0.834. The molecular weight excluding hydrogens is 252 g/mol. The van der Waals surface area contributed by atoms with Crippen LogP contribution in [0.1, 0.15) is 15.2 Å². The molecule has 0 saturated carbocycles. The van der Waals surface area contributed by atoms with Gasteiger partial charge in [0.05, 0.1) is 12.2 Å². The van der Waals surface area contributed by atoms with E-state index in [1.165, 1.54) is 23.1 Å². The third-order valence-electron chi connectivity index (χ3n) is 2.34. The number of phenols is 1. The number of carboxylic acids is 1. The molecule has 0 amide bonds. The van der Waals surface area contributed by atoms with Gasteiger partial charge in [-0.25, -0.2) is 4.79 Å². The van der Waals surface area contributed by atoms with Crippen molar-refractivity contribution in [1.82, 2.24) is 0 Å². The molecule has 2 aromatic rings. The maximum atomic E-state index is 10.8. The first-order valence-electron chi connectivity index (χ1n) is 5.37. The lowest BCUT2D eigenvalue weighted by Gasteiger charge is -2.07. The number of rotatable bonds is 5. The molecule has 0 unspecified atom stereocenters. The van der Waals surface area contributed by atoms with Gasteiger partial charge in [-0.05, 0) is 23.6 Å². The zero-order valence-electron chi connectivity index (χ0n) is 9.50. The Kier molecular flexibility index (Phi) is 3.84. The molecule has 94 valence electrons. The average molecular weight is 264 g/mol. The number of benzene rings is 1. The minimum Gasteiger partial charge on any atom is -0.508 e. The molecule has 1 heterocycles. The van der Waals surface area contributed by atoms with Gasteiger partial charge in [-0.3, -0.25) is 0 Å². The molecular formula is C13H12O4S. The molecule has 0 radical (unpaired) electrons. The summed E-state index contributed by atoms with van der Waals surface area (Å²) in [4.78, 5) is 12.0. The fraction of sp³-hybridized carbons (Fsp3) is 0.154. The number of hydrogen-bond donors (Lipinski definition) is 2. The van der Waals surface area contributed by atoms with Crippen LogP contribution < -0.4 is 4.74 Å². The average Bonchev–Trinajstić information content (AvgIpc) is 2.81. The summed E-state index contributed by atoms with van der Waals surface area (Å²) in [6.45, 7) is 0.447. The van der Waals surface area contributed by atoms with Gasteiger partial charge in [0.15, 0.2) is 0 Å². The molecule has 0 aliphatic heterocycles. The van der Waals surface area contributed by atoms with Crippen LogP contribution in [-0.4, -0.2) is 22.8 Å². The number of carbonyl (C=O) groups is 1. The summed E-state index contributed by atoms with van der Waals surface area (Å²) in [7, 11) is 0. The molecule has 5 heteroatoms. The molecule has 0 fully saturated rings. The van der Waals surface area contributed by atoms with E-state index in [0.29, 0.717) is 12.4 Å². The molecule has 0 bridgehead atoms. The van der Waals surface area contributed by atoms with Crippen LogP contribution in [0.2, 0.25) is 0 Å². The summed E-state index contributed by atoms with van der Waals surface area (Å²) < 4.78 is 5.43. The van der Waals surface area contributed by atoms with Crippen molar-refractivity contribution in [3.05, 3.63) is 46.2 Å². The summed E-state index contributed by atoms with van der Waals surface area (Å²) >= 11 is 1.65. The second-order valence-electron chi connectivity index (χ2n) is 3.70. The number of aromatic hydroxyl groups is 1. The topological polar surface area (TPSA) is 66.8 Å². The Hall–Kier alpha value is -2.01. The van der Waals surface area contributed by atoms with Crippen LogP contribution in [0, 0.1) is 0 Å². The molecule has 0 atom stereocenters. The summed E-state index contributed by atoms with van der Waals surface area (Å²) in [5, 5.41) is 20.2. The van der Waals surface area contributed by atoms with Crippen molar-refractivity contribution in [3.63, 3.8) is 0 Å². The first kappa shape index (κ1) is 12.4. The number of hydrogen-bond acceptors (Lipinski definition) is 4. The summed E-state index contributed by atoms with van der Waals surface area (Å²) in [6, 6.07) is 7.97. The van der Waals surface area contributed by atoms with Crippen LogP contribution in [0.25, 0.3) is 0 Å². The van der Waals surface area contributed by atoms with E-state index < -0.39 is 5.97 Å². The van der Waals surface area contributed by atoms with Gasteiger partial charge in [-0.2, -0.15) is 0 Å². The van der Waals surface area contributed by atoms with E-state index in [-0.39, 0.29) is 11.3 Å². The van der Waals surface area contributed by atoms with Crippen molar-refractivity contribution in [3.8, 4) is 11.5 Å². The van der Waals surface area contributed by atoms with Crippen molar-refractivity contribution in [2.45, 2.75) is 6.42 Å². The first-order chi connectivity index (χ1) is 8.65. The van der Waals surface area contributed by atoms with Crippen molar-refractivity contribution in [1.29, 1.82) is 0 Å². The lowest BCUT2D eigenvalue weighted by atomic mass is 10.2. The predicted molar refractivity (Wildman–Crippen MR) is 68.6 cm³/mol. The van der Waals surface area contributed by atoms with Crippen molar-refractivity contribution in [2.24, 2.45) is 0 Å². The second kappa shape index (κ2) is 5.55. The van der Waals surface area contributed by atoms with E-state index in [1.54, 1.807) is 11.3 Å². The summed E-state index contributed by atoms with van der Waals surface area (Å²) in [6.07, 6.45) is 0.760. The van der Waals surface area contributed by atoms with Crippen LogP contribution in [-0.2, 0) is 6.42 Å². The van der Waals surface area contributed by atoms with Gasteiger partial charge >= 0.3 is 5.97 Å². The monoisotopic (exact) mass is 264 g/mol. The molecule has 4 nitrogen and oxygen atoms in total. The third kappa shape index (κ3) is 3.24. The van der Waals surface area contributed by atoms with E-state index in [2.05, 4.69) is 0 Å². The van der Waals surface area contributed by atoms with E-state index in [0.717, 1.165) is 6.42 Å². The molecule has 0 aliphatic rings. The van der Waals surface area contributed by atoms with Gasteiger partial charge in [-0.1, -0.05) is 6.07 Å². The number of ether oxygens (including phenoxy) is 1. The zero-order chi connectivity index (χ0) is 13.0. The number of carboxylic acid groups (broad SMARTS) is 1. The van der Waals surface area contributed by atoms with Crippen LogP contribution in [0.5, 0.6) is 11.5 Å². The smallest absolute Gasteiger partial charge is 0.335 e. The quantitative estimate of drug-likeness (QED) is 0.871. The fourth-order valence-electron chi connectivity index (χ4n) is 1.51. The number of phenolic OH excluding ortho intramolecular Hbond substituents is 1. The third-order valence-corrected chi connectivity index (χ3v) is 3.27. The highest BCUT2D eigenvalue weighted by molar-refractivity contribution is 7.09. The van der Waals surface area contributed by atoms with Crippen LogP contribution in [0.3, 0.4) is 0 Å². The van der Waals surface area contributed by atoms with Crippen molar-refractivity contribution >= 4 is 17.3 Å². The van der Waals surface area contributed by atoms with Crippen LogP contribution >= 0.6 is 11.3 Å². The second-order valence-corrected chi connectivity index (χ2v) is 4.73. The molecule has 2 N–H and O–H groups in total. The minimum atomic E-state index is -1.09. The molecule has 2 rings (SSSR count). The minimum absolute atomic E-state index is 0.0149. The van der Waals surface area contributed by atoms with Crippen LogP contribution in [0.4, 0.5) is 0 Å². The predicted octanol–water partition coefficient (Wildman–Crippen LogP) is 2.77. The van der Waals surface area contributed by atoms with Gasteiger partial charge in [0.25, 0.3) is 0 Å². The number of thiophene rings is 1. The van der Waals surface area contributed by atoms with E-state index in [1.807, 2.05) is 17.5 Å². The van der Waals surface area contributed by atoms with E-state index in [4.69, 9.17) is 9.84 Å². The van der Waals surface area contributed by atoms with Crippen LogP contribution in [0.15, 0.2) is 35.7 Å². The van der Waals surface area contributed by atoms with Gasteiger partial charge in [0.1, 0.15) is 11.5 Å². The zero-order valence-corrected chi connectivity index (χ0v) is 10.3. The molecule has 1 aromatic carbocycles.